The van der Waals surface area contributed by atoms with E-state index in [2.05, 4.69) is 0 Å². The van der Waals surface area contributed by atoms with E-state index in [1.165, 1.54) is 0 Å². The largest absolute Gasteiger partial charge is 0.232 e. The van der Waals surface area contributed by atoms with E-state index in [1.807, 2.05) is 0 Å². The Kier molecular flexibility index (Phi) is 3.73. The lowest BCUT2D eigenvalue weighted by Crippen LogP contribution is -2.05. The summed E-state index contributed by atoms with van der Waals surface area (Å²) in [5, 5.41) is 0. The van der Waals surface area contributed by atoms with Crippen LogP contribution in [0.3, 0.4) is 0 Å². The molecule has 1 aromatic rings. The zero-order valence-electron chi connectivity index (χ0n) is 8.55. The standard InChI is InChI=1S/C10H12ClFO2S/c1-7-3-4-8(2)10(12)9(7)5-6-15(11,13)14/h3-4H,5-6H2,1-2H3. The lowest BCUT2D eigenvalue weighted by atomic mass is 10.0. The van der Waals surface area contributed by atoms with E-state index >= 15 is 0 Å². The predicted molar refractivity (Wildman–Crippen MR) is 59.2 cm³/mol. The zero-order valence-corrected chi connectivity index (χ0v) is 10.1. The van der Waals surface area contributed by atoms with Gasteiger partial charge < -0.3 is 0 Å². The van der Waals surface area contributed by atoms with Gasteiger partial charge in [0.05, 0.1) is 5.75 Å². The van der Waals surface area contributed by atoms with Gasteiger partial charge in [-0.1, -0.05) is 12.1 Å². The van der Waals surface area contributed by atoms with Crippen molar-refractivity contribution in [2.75, 3.05) is 5.75 Å². The van der Waals surface area contributed by atoms with Crippen molar-refractivity contribution < 1.29 is 12.8 Å². The number of aryl methyl sites for hydroxylation is 2. The first kappa shape index (κ1) is 12.5. The van der Waals surface area contributed by atoms with Crippen LogP contribution in [0.4, 0.5) is 4.39 Å². The Morgan fingerprint density at radius 1 is 1.27 bits per heavy atom. The molecule has 0 N–H and O–H groups in total. The first-order valence-corrected chi connectivity index (χ1v) is 6.96. The molecule has 0 unspecified atom stereocenters. The molecule has 0 radical (unpaired) electrons. The maximum Gasteiger partial charge on any atom is 0.232 e. The van der Waals surface area contributed by atoms with Crippen LogP contribution in [0.5, 0.6) is 0 Å². The van der Waals surface area contributed by atoms with Crippen LogP contribution in [0, 0.1) is 19.7 Å². The number of hydrogen-bond donors (Lipinski definition) is 0. The average molecular weight is 251 g/mol. The number of rotatable bonds is 3. The SMILES string of the molecule is Cc1ccc(C)c(CCS(=O)(=O)Cl)c1F. The highest BCUT2D eigenvalue weighted by molar-refractivity contribution is 8.13. The Hall–Kier alpha value is -0.610. The zero-order chi connectivity index (χ0) is 11.6. The molecule has 0 aliphatic heterocycles. The Bertz CT molecular complexity index is 469. The van der Waals surface area contributed by atoms with Gasteiger partial charge in [0.1, 0.15) is 5.82 Å². The molecule has 84 valence electrons. The smallest absolute Gasteiger partial charge is 0.212 e. The molecule has 0 aromatic heterocycles. The van der Waals surface area contributed by atoms with E-state index in [4.69, 9.17) is 10.7 Å². The van der Waals surface area contributed by atoms with Crippen LogP contribution in [0.2, 0.25) is 0 Å². The van der Waals surface area contributed by atoms with E-state index in [-0.39, 0.29) is 18.0 Å². The van der Waals surface area contributed by atoms with E-state index in [0.717, 1.165) is 5.56 Å². The first-order valence-electron chi connectivity index (χ1n) is 4.48. The van der Waals surface area contributed by atoms with Crippen molar-refractivity contribution >= 4 is 19.7 Å². The summed E-state index contributed by atoms with van der Waals surface area (Å²) in [7, 11) is 1.51. The molecule has 5 heteroatoms. The Morgan fingerprint density at radius 2 is 1.80 bits per heavy atom. The monoisotopic (exact) mass is 250 g/mol. The summed E-state index contributed by atoms with van der Waals surface area (Å²) >= 11 is 0. The van der Waals surface area contributed by atoms with E-state index in [0.29, 0.717) is 11.1 Å². The fourth-order valence-corrected chi connectivity index (χ4v) is 2.05. The van der Waals surface area contributed by atoms with Gasteiger partial charge in [-0.3, -0.25) is 0 Å². The molecule has 0 heterocycles. The van der Waals surface area contributed by atoms with Crippen LogP contribution in [0.25, 0.3) is 0 Å². The molecule has 1 aromatic carbocycles. The van der Waals surface area contributed by atoms with Crippen molar-refractivity contribution in [3.05, 3.63) is 34.6 Å². The van der Waals surface area contributed by atoms with Crippen LogP contribution in [-0.2, 0) is 15.5 Å². The van der Waals surface area contributed by atoms with Gasteiger partial charge in [0.2, 0.25) is 9.05 Å². The van der Waals surface area contributed by atoms with Gasteiger partial charge in [-0.15, -0.1) is 0 Å². The quantitative estimate of drug-likeness (QED) is 0.773. The fourth-order valence-electron chi connectivity index (χ4n) is 1.37. The highest BCUT2D eigenvalue weighted by Gasteiger charge is 2.12. The third kappa shape index (κ3) is 3.47. The second-order valence-corrected chi connectivity index (χ2v) is 6.38. The van der Waals surface area contributed by atoms with Gasteiger partial charge in [0.15, 0.2) is 0 Å². The first-order chi connectivity index (χ1) is 6.81. The third-order valence-corrected chi connectivity index (χ3v) is 3.42. The minimum Gasteiger partial charge on any atom is -0.212 e. The van der Waals surface area contributed by atoms with Crippen molar-refractivity contribution in [1.82, 2.24) is 0 Å². The molecular weight excluding hydrogens is 239 g/mol. The van der Waals surface area contributed by atoms with Crippen molar-refractivity contribution in [2.45, 2.75) is 20.3 Å². The summed E-state index contributed by atoms with van der Waals surface area (Å²) in [6, 6.07) is 3.44. The molecule has 0 saturated carbocycles. The van der Waals surface area contributed by atoms with Crippen LogP contribution < -0.4 is 0 Å². The third-order valence-electron chi connectivity index (χ3n) is 2.27. The summed E-state index contributed by atoms with van der Waals surface area (Å²) in [5.74, 6) is -0.578. The van der Waals surface area contributed by atoms with Gasteiger partial charge in [-0.05, 0) is 37.0 Å². The second kappa shape index (κ2) is 4.49. The molecule has 0 spiro atoms. The van der Waals surface area contributed by atoms with E-state index in [9.17, 15) is 12.8 Å². The molecule has 0 aliphatic rings. The Balaban J connectivity index is 2.99. The van der Waals surface area contributed by atoms with Crippen molar-refractivity contribution in [1.29, 1.82) is 0 Å². The van der Waals surface area contributed by atoms with Gasteiger partial charge in [0.25, 0.3) is 0 Å². The van der Waals surface area contributed by atoms with Gasteiger partial charge >= 0.3 is 0 Å². The molecule has 1 rings (SSSR count). The normalized spacial score (nSPS) is 11.7. The van der Waals surface area contributed by atoms with Crippen molar-refractivity contribution in [2.24, 2.45) is 0 Å². The van der Waals surface area contributed by atoms with Crippen LogP contribution in [-0.4, -0.2) is 14.2 Å². The molecule has 15 heavy (non-hydrogen) atoms. The molecule has 0 atom stereocenters. The van der Waals surface area contributed by atoms with Crippen LogP contribution in [0.1, 0.15) is 16.7 Å². The highest BCUT2D eigenvalue weighted by Crippen LogP contribution is 2.18. The van der Waals surface area contributed by atoms with Gasteiger partial charge in [0, 0.05) is 10.7 Å². The summed E-state index contributed by atoms with van der Waals surface area (Å²) < 4.78 is 35.1. The molecule has 0 bridgehead atoms. The van der Waals surface area contributed by atoms with E-state index < -0.39 is 9.05 Å². The molecular formula is C10H12ClFO2S. The summed E-state index contributed by atoms with van der Waals surface area (Å²) in [6.45, 7) is 3.40. The topological polar surface area (TPSA) is 34.1 Å². The lowest BCUT2D eigenvalue weighted by Gasteiger charge is -2.08. The summed E-state index contributed by atoms with van der Waals surface area (Å²) in [5.41, 5.74) is 1.69. The van der Waals surface area contributed by atoms with Crippen LogP contribution >= 0.6 is 10.7 Å². The lowest BCUT2D eigenvalue weighted by molar-refractivity contribution is 0.595. The Labute approximate surface area is 93.5 Å². The molecule has 0 amide bonds. The van der Waals surface area contributed by atoms with Gasteiger partial charge in [-0.2, -0.15) is 0 Å². The summed E-state index contributed by atoms with van der Waals surface area (Å²) in [4.78, 5) is 0. The van der Waals surface area contributed by atoms with Crippen LogP contribution in [0.15, 0.2) is 12.1 Å². The number of benzene rings is 1. The number of hydrogen-bond acceptors (Lipinski definition) is 2. The van der Waals surface area contributed by atoms with Crippen molar-refractivity contribution in [3.8, 4) is 0 Å². The molecule has 2 nitrogen and oxygen atoms in total. The minimum atomic E-state index is -3.56. The maximum absolute atomic E-state index is 13.6. The highest BCUT2D eigenvalue weighted by atomic mass is 35.7. The molecule has 0 aliphatic carbocycles. The number of halogens is 2. The average Bonchev–Trinajstić information content (AvgIpc) is 2.10. The van der Waals surface area contributed by atoms with Gasteiger partial charge in [-0.25, -0.2) is 12.8 Å². The molecule has 0 saturated heterocycles. The summed E-state index contributed by atoms with van der Waals surface area (Å²) in [6.07, 6.45) is 0.116. The van der Waals surface area contributed by atoms with E-state index in [1.54, 1.807) is 26.0 Å². The maximum atomic E-state index is 13.6. The molecule has 0 fully saturated rings. The predicted octanol–water partition coefficient (Wildman–Crippen LogP) is 2.55. The Morgan fingerprint density at radius 3 is 2.33 bits per heavy atom. The fraction of sp³-hybridized carbons (Fsp3) is 0.400. The second-order valence-electron chi connectivity index (χ2n) is 3.48. The minimum absolute atomic E-state index is 0.116. The van der Waals surface area contributed by atoms with Crippen molar-refractivity contribution in [3.63, 3.8) is 0 Å².